The van der Waals surface area contributed by atoms with E-state index in [0.29, 0.717) is 0 Å². The Morgan fingerprint density at radius 1 is 1.67 bits per heavy atom. The average molecular weight is 172 g/mol. The van der Waals surface area contributed by atoms with Crippen molar-refractivity contribution >= 4 is 5.91 Å². The highest BCUT2D eigenvalue weighted by Gasteiger charge is 2.14. The number of aliphatic hydroxyl groups excluding tert-OH is 1. The summed E-state index contributed by atoms with van der Waals surface area (Å²) in [6, 6.07) is 0. The maximum Gasteiger partial charge on any atom is 0.260 e. The van der Waals surface area contributed by atoms with E-state index in [4.69, 9.17) is 5.11 Å². The molecule has 1 N–H and O–H groups in total. The molecule has 70 valence electrons. The number of hydrogen-bond acceptors (Lipinski definition) is 3. The SMILES string of the molecule is C=CC(=O)N(CC(C)O)N(C)C. The smallest absolute Gasteiger partial charge is 0.260 e. The highest BCUT2D eigenvalue weighted by Crippen LogP contribution is 1.96. The minimum absolute atomic E-state index is 0.207. The predicted octanol–water partition coefficient (Wildman–Crippen LogP) is -0.142. The molecular formula is C8H16N2O2. The van der Waals surface area contributed by atoms with E-state index in [1.165, 1.54) is 11.1 Å². The summed E-state index contributed by atoms with van der Waals surface area (Å²) in [5.74, 6) is -0.207. The maximum atomic E-state index is 11.1. The molecule has 0 aliphatic carbocycles. The molecular weight excluding hydrogens is 156 g/mol. The number of carbonyl (C=O) groups is 1. The summed E-state index contributed by atoms with van der Waals surface area (Å²) >= 11 is 0. The Balaban J connectivity index is 4.23. The van der Waals surface area contributed by atoms with Gasteiger partial charge in [0.05, 0.1) is 12.6 Å². The van der Waals surface area contributed by atoms with Gasteiger partial charge in [0, 0.05) is 14.1 Å². The van der Waals surface area contributed by atoms with Crippen LogP contribution in [0.2, 0.25) is 0 Å². The van der Waals surface area contributed by atoms with Crippen LogP contribution in [-0.2, 0) is 4.79 Å². The normalized spacial score (nSPS) is 12.8. The molecule has 1 amide bonds. The minimum Gasteiger partial charge on any atom is -0.392 e. The Morgan fingerprint density at radius 2 is 2.17 bits per heavy atom. The maximum absolute atomic E-state index is 11.1. The highest BCUT2D eigenvalue weighted by molar-refractivity contribution is 5.86. The molecule has 4 nitrogen and oxygen atoms in total. The zero-order chi connectivity index (χ0) is 9.72. The van der Waals surface area contributed by atoms with Crippen LogP contribution >= 0.6 is 0 Å². The third kappa shape index (κ3) is 3.50. The van der Waals surface area contributed by atoms with Crippen molar-refractivity contribution in [2.45, 2.75) is 13.0 Å². The Hall–Kier alpha value is -0.870. The summed E-state index contributed by atoms with van der Waals surface area (Å²) in [5.41, 5.74) is 0. The molecule has 0 saturated carbocycles. The van der Waals surface area contributed by atoms with E-state index in [1.807, 2.05) is 0 Å². The monoisotopic (exact) mass is 172 g/mol. The van der Waals surface area contributed by atoms with Crippen LogP contribution in [0, 0.1) is 0 Å². The second-order valence-electron chi connectivity index (χ2n) is 2.82. The predicted molar refractivity (Wildman–Crippen MR) is 47.3 cm³/mol. The number of carbonyl (C=O) groups excluding carboxylic acids is 1. The first kappa shape index (κ1) is 11.1. The molecule has 0 aromatic carbocycles. The molecule has 4 heteroatoms. The summed E-state index contributed by atoms with van der Waals surface area (Å²) < 4.78 is 0. The van der Waals surface area contributed by atoms with Crippen molar-refractivity contribution in [2.24, 2.45) is 0 Å². The Bertz CT molecular complexity index is 166. The van der Waals surface area contributed by atoms with Crippen molar-refractivity contribution in [3.8, 4) is 0 Å². The van der Waals surface area contributed by atoms with Crippen LogP contribution in [0.4, 0.5) is 0 Å². The topological polar surface area (TPSA) is 43.8 Å². The van der Waals surface area contributed by atoms with Crippen LogP contribution in [0.3, 0.4) is 0 Å². The van der Waals surface area contributed by atoms with Gasteiger partial charge in [-0.2, -0.15) is 0 Å². The van der Waals surface area contributed by atoms with Gasteiger partial charge in [0.25, 0.3) is 5.91 Å². The Morgan fingerprint density at radius 3 is 2.42 bits per heavy atom. The molecule has 0 aromatic rings. The zero-order valence-corrected chi connectivity index (χ0v) is 7.82. The molecule has 0 heterocycles. The van der Waals surface area contributed by atoms with Crippen molar-refractivity contribution < 1.29 is 9.90 Å². The second-order valence-corrected chi connectivity index (χ2v) is 2.82. The van der Waals surface area contributed by atoms with Crippen molar-refractivity contribution in [3.05, 3.63) is 12.7 Å². The molecule has 0 saturated heterocycles. The van der Waals surface area contributed by atoms with Crippen molar-refractivity contribution in [3.63, 3.8) is 0 Å². The van der Waals surface area contributed by atoms with Gasteiger partial charge >= 0.3 is 0 Å². The number of nitrogens with zero attached hydrogens (tertiary/aromatic N) is 2. The number of aliphatic hydroxyl groups is 1. The van der Waals surface area contributed by atoms with E-state index in [-0.39, 0.29) is 12.5 Å². The Labute approximate surface area is 73.0 Å². The van der Waals surface area contributed by atoms with Crippen LogP contribution in [0.25, 0.3) is 0 Å². The standard InChI is InChI=1S/C8H16N2O2/c1-5-8(12)10(9(3)4)6-7(2)11/h5,7,11H,1,6H2,2-4H3. The van der Waals surface area contributed by atoms with Crippen LogP contribution in [0.15, 0.2) is 12.7 Å². The molecule has 0 aliphatic rings. The number of hydrazine groups is 1. The third-order valence-electron chi connectivity index (χ3n) is 1.35. The van der Waals surface area contributed by atoms with E-state index in [1.54, 1.807) is 26.0 Å². The van der Waals surface area contributed by atoms with E-state index in [0.717, 1.165) is 0 Å². The first-order valence-electron chi connectivity index (χ1n) is 3.78. The van der Waals surface area contributed by atoms with E-state index < -0.39 is 6.10 Å². The molecule has 0 aliphatic heterocycles. The molecule has 1 atom stereocenters. The first-order valence-corrected chi connectivity index (χ1v) is 3.78. The lowest BCUT2D eigenvalue weighted by Gasteiger charge is -2.28. The summed E-state index contributed by atoms with van der Waals surface area (Å²) in [6.07, 6.45) is 0.693. The van der Waals surface area contributed by atoms with Gasteiger partial charge in [-0.3, -0.25) is 9.80 Å². The molecule has 0 rings (SSSR count). The first-order chi connectivity index (χ1) is 5.49. The summed E-state index contributed by atoms with van der Waals surface area (Å²) in [5, 5.41) is 12.1. The average Bonchev–Trinajstić information content (AvgIpc) is 1.98. The Kier molecular flexibility index (Phi) is 4.54. The fourth-order valence-electron chi connectivity index (χ4n) is 0.806. The number of amides is 1. The van der Waals surface area contributed by atoms with Gasteiger partial charge in [0.15, 0.2) is 0 Å². The van der Waals surface area contributed by atoms with Gasteiger partial charge < -0.3 is 5.11 Å². The molecule has 0 aromatic heterocycles. The molecule has 0 bridgehead atoms. The molecule has 0 radical (unpaired) electrons. The minimum atomic E-state index is -0.531. The molecule has 0 fully saturated rings. The fraction of sp³-hybridized carbons (Fsp3) is 0.625. The van der Waals surface area contributed by atoms with Gasteiger partial charge in [0.2, 0.25) is 0 Å². The van der Waals surface area contributed by atoms with Gasteiger partial charge in [-0.1, -0.05) is 6.58 Å². The quantitative estimate of drug-likeness (QED) is 0.474. The van der Waals surface area contributed by atoms with E-state index >= 15 is 0 Å². The lowest BCUT2D eigenvalue weighted by Crippen LogP contribution is -2.44. The van der Waals surface area contributed by atoms with Crippen LogP contribution in [0.1, 0.15) is 6.92 Å². The van der Waals surface area contributed by atoms with E-state index in [2.05, 4.69) is 6.58 Å². The molecule has 0 spiro atoms. The van der Waals surface area contributed by atoms with Crippen molar-refractivity contribution in [2.75, 3.05) is 20.6 Å². The van der Waals surface area contributed by atoms with Crippen LogP contribution in [-0.4, -0.2) is 47.8 Å². The lowest BCUT2D eigenvalue weighted by molar-refractivity contribution is -0.141. The van der Waals surface area contributed by atoms with Crippen molar-refractivity contribution in [1.82, 2.24) is 10.0 Å². The van der Waals surface area contributed by atoms with Gasteiger partial charge in [0.1, 0.15) is 0 Å². The van der Waals surface area contributed by atoms with Crippen LogP contribution in [0.5, 0.6) is 0 Å². The van der Waals surface area contributed by atoms with Crippen molar-refractivity contribution in [1.29, 1.82) is 0 Å². The number of rotatable bonds is 4. The summed E-state index contributed by atoms with van der Waals surface area (Å²) in [7, 11) is 3.48. The van der Waals surface area contributed by atoms with E-state index in [9.17, 15) is 4.79 Å². The summed E-state index contributed by atoms with van der Waals surface area (Å²) in [4.78, 5) is 11.1. The lowest BCUT2D eigenvalue weighted by atomic mass is 10.4. The second kappa shape index (κ2) is 4.90. The van der Waals surface area contributed by atoms with Gasteiger partial charge in [-0.25, -0.2) is 5.01 Å². The summed E-state index contributed by atoms with van der Waals surface area (Å²) in [6.45, 7) is 5.29. The van der Waals surface area contributed by atoms with Gasteiger partial charge in [-0.15, -0.1) is 0 Å². The zero-order valence-electron chi connectivity index (χ0n) is 7.82. The third-order valence-corrected chi connectivity index (χ3v) is 1.35. The fourth-order valence-corrected chi connectivity index (χ4v) is 0.806. The molecule has 12 heavy (non-hydrogen) atoms. The largest absolute Gasteiger partial charge is 0.392 e. The van der Waals surface area contributed by atoms with Crippen LogP contribution < -0.4 is 0 Å². The number of hydrogen-bond donors (Lipinski definition) is 1. The van der Waals surface area contributed by atoms with Gasteiger partial charge in [-0.05, 0) is 13.0 Å². The molecule has 1 unspecified atom stereocenters. The highest BCUT2D eigenvalue weighted by atomic mass is 16.3.